The van der Waals surface area contributed by atoms with Gasteiger partial charge < -0.3 is 10.7 Å². The summed E-state index contributed by atoms with van der Waals surface area (Å²) in [5.74, 6) is 0. The molecule has 0 aromatic heterocycles. The van der Waals surface area contributed by atoms with Gasteiger partial charge in [-0.2, -0.15) is 0 Å². The van der Waals surface area contributed by atoms with Crippen LogP contribution in [0.5, 0.6) is 0 Å². The fourth-order valence-corrected chi connectivity index (χ4v) is 1.96. The monoisotopic (exact) mass is 308 g/mol. The highest BCUT2D eigenvalue weighted by molar-refractivity contribution is 9.10. The van der Waals surface area contributed by atoms with Crippen molar-refractivity contribution in [3.8, 4) is 0 Å². The summed E-state index contributed by atoms with van der Waals surface area (Å²) < 4.78 is 0.956. The number of anilines is 2. The quantitative estimate of drug-likeness (QED) is 0.782. The van der Waals surface area contributed by atoms with Crippen LogP contribution in [-0.4, -0.2) is 6.21 Å². The van der Waals surface area contributed by atoms with Gasteiger partial charge in [0, 0.05) is 32.6 Å². The second kappa shape index (κ2) is 5.34. The summed E-state index contributed by atoms with van der Waals surface area (Å²) in [5, 5.41) is 11.3. The number of hydrogen-bond acceptors (Lipinski definition) is 2. The molecule has 2 aromatic carbocycles. The van der Waals surface area contributed by atoms with Crippen LogP contribution in [0.3, 0.4) is 0 Å². The van der Waals surface area contributed by atoms with E-state index < -0.39 is 0 Å². The maximum absolute atomic E-state index is 7.37. The second-order valence-corrected chi connectivity index (χ2v) is 4.86. The van der Waals surface area contributed by atoms with E-state index in [9.17, 15) is 0 Å². The minimum Gasteiger partial charge on any atom is -0.355 e. The van der Waals surface area contributed by atoms with E-state index in [1.54, 1.807) is 0 Å². The van der Waals surface area contributed by atoms with Crippen molar-refractivity contribution in [2.24, 2.45) is 0 Å². The van der Waals surface area contributed by atoms with Crippen LogP contribution in [0.25, 0.3) is 0 Å². The number of rotatable bonds is 3. The molecule has 0 aliphatic carbocycles. The Morgan fingerprint density at radius 2 is 1.82 bits per heavy atom. The van der Waals surface area contributed by atoms with Crippen LogP contribution in [-0.2, 0) is 0 Å². The van der Waals surface area contributed by atoms with Gasteiger partial charge in [-0.15, -0.1) is 0 Å². The predicted molar refractivity (Wildman–Crippen MR) is 76.8 cm³/mol. The van der Waals surface area contributed by atoms with Crippen LogP contribution >= 0.6 is 27.5 Å². The predicted octanol–water partition coefficient (Wildman–Crippen LogP) is 4.84. The molecule has 2 N–H and O–H groups in total. The summed E-state index contributed by atoms with van der Waals surface area (Å²) in [6.07, 6.45) is 1.32. The molecule has 0 heterocycles. The molecule has 0 unspecified atom stereocenters. The van der Waals surface area contributed by atoms with Gasteiger partial charge in [-0.25, -0.2) is 0 Å². The van der Waals surface area contributed by atoms with Crippen LogP contribution < -0.4 is 5.32 Å². The molecule has 0 aliphatic heterocycles. The lowest BCUT2D eigenvalue weighted by Gasteiger charge is -2.09. The summed E-state index contributed by atoms with van der Waals surface area (Å²) in [4.78, 5) is 0. The third-order valence-corrected chi connectivity index (χ3v) is 3.04. The Labute approximate surface area is 113 Å². The maximum Gasteiger partial charge on any atom is 0.0473 e. The van der Waals surface area contributed by atoms with Crippen molar-refractivity contribution >= 4 is 45.1 Å². The number of nitrogens with one attached hydrogen (secondary N) is 2. The van der Waals surface area contributed by atoms with Crippen LogP contribution in [0, 0.1) is 5.41 Å². The fraction of sp³-hybridized carbons (Fsp3) is 0. The van der Waals surface area contributed by atoms with E-state index in [1.807, 2.05) is 42.5 Å². The third-order valence-electron chi connectivity index (χ3n) is 2.29. The molecule has 0 spiro atoms. The Bertz CT molecular complexity index is 538. The van der Waals surface area contributed by atoms with Gasteiger partial charge in [0.2, 0.25) is 0 Å². The van der Waals surface area contributed by atoms with Gasteiger partial charge in [0.15, 0.2) is 0 Å². The molecular weight excluding hydrogens is 300 g/mol. The molecule has 4 heteroatoms. The smallest absolute Gasteiger partial charge is 0.0473 e. The minimum atomic E-state index is 0.707. The minimum absolute atomic E-state index is 0.707. The Balaban J connectivity index is 2.29. The van der Waals surface area contributed by atoms with Crippen molar-refractivity contribution in [3.63, 3.8) is 0 Å². The van der Waals surface area contributed by atoms with Gasteiger partial charge in [0.05, 0.1) is 0 Å². The normalized spacial score (nSPS) is 10.0. The Kier molecular flexibility index (Phi) is 3.82. The zero-order valence-electron chi connectivity index (χ0n) is 8.87. The third kappa shape index (κ3) is 3.08. The molecule has 0 aliphatic rings. The molecule has 17 heavy (non-hydrogen) atoms. The molecular formula is C13H10BrClN2. The molecule has 2 aromatic rings. The van der Waals surface area contributed by atoms with E-state index in [1.165, 1.54) is 6.21 Å². The Morgan fingerprint density at radius 1 is 1.12 bits per heavy atom. The molecule has 0 radical (unpaired) electrons. The molecule has 0 fully saturated rings. The van der Waals surface area contributed by atoms with Gasteiger partial charge in [0.25, 0.3) is 0 Å². The van der Waals surface area contributed by atoms with Gasteiger partial charge in [-0.3, -0.25) is 0 Å². The van der Waals surface area contributed by atoms with E-state index in [-0.39, 0.29) is 0 Å². The first-order chi connectivity index (χ1) is 8.19. The number of hydrogen-bond donors (Lipinski definition) is 2. The Morgan fingerprint density at radius 3 is 2.47 bits per heavy atom. The topological polar surface area (TPSA) is 35.9 Å². The molecule has 86 valence electrons. The molecule has 2 nitrogen and oxygen atoms in total. The van der Waals surface area contributed by atoms with Crippen molar-refractivity contribution in [2.45, 2.75) is 0 Å². The lowest BCUT2D eigenvalue weighted by atomic mass is 10.2. The zero-order valence-corrected chi connectivity index (χ0v) is 11.2. The summed E-state index contributed by atoms with van der Waals surface area (Å²) in [6, 6.07) is 13.2. The van der Waals surface area contributed by atoms with Crippen LogP contribution in [0.15, 0.2) is 46.9 Å². The van der Waals surface area contributed by atoms with Crippen molar-refractivity contribution in [3.05, 3.63) is 57.5 Å². The van der Waals surface area contributed by atoms with E-state index in [0.29, 0.717) is 5.02 Å². The van der Waals surface area contributed by atoms with Gasteiger partial charge >= 0.3 is 0 Å². The van der Waals surface area contributed by atoms with Gasteiger partial charge in [-0.05, 0) is 42.5 Å². The maximum atomic E-state index is 7.37. The first kappa shape index (κ1) is 12.1. The largest absolute Gasteiger partial charge is 0.355 e. The molecule has 2 rings (SSSR count). The fourth-order valence-electron chi connectivity index (χ4n) is 1.46. The molecule has 0 atom stereocenters. The first-order valence-corrected chi connectivity index (χ1v) is 6.19. The average molecular weight is 310 g/mol. The van der Waals surface area contributed by atoms with Crippen LogP contribution in [0.2, 0.25) is 5.02 Å². The van der Waals surface area contributed by atoms with Crippen molar-refractivity contribution in [1.29, 1.82) is 5.41 Å². The summed E-state index contributed by atoms with van der Waals surface area (Å²) in [7, 11) is 0. The highest BCUT2D eigenvalue weighted by Crippen LogP contribution is 2.24. The lowest BCUT2D eigenvalue weighted by Crippen LogP contribution is -1.94. The highest BCUT2D eigenvalue weighted by atomic mass is 79.9. The molecule has 0 saturated heterocycles. The number of halogens is 2. The van der Waals surface area contributed by atoms with E-state index in [0.717, 1.165) is 21.4 Å². The molecule has 0 bridgehead atoms. The van der Waals surface area contributed by atoms with Crippen LogP contribution in [0.4, 0.5) is 11.4 Å². The summed E-state index contributed by atoms with van der Waals surface area (Å²) >= 11 is 9.21. The molecule has 0 saturated carbocycles. The van der Waals surface area contributed by atoms with E-state index in [4.69, 9.17) is 17.0 Å². The Hall–Kier alpha value is -1.32. The SMILES string of the molecule is N=Cc1cc(Br)ccc1Nc1ccc(Cl)cc1. The summed E-state index contributed by atoms with van der Waals surface area (Å²) in [5.41, 5.74) is 2.67. The highest BCUT2D eigenvalue weighted by Gasteiger charge is 2.01. The molecule has 0 amide bonds. The van der Waals surface area contributed by atoms with E-state index >= 15 is 0 Å². The standard InChI is InChI=1S/C13H10BrClN2/c14-10-1-6-13(9(7-10)8-16)17-12-4-2-11(15)3-5-12/h1-8,16-17H. The van der Waals surface area contributed by atoms with Crippen LogP contribution in [0.1, 0.15) is 5.56 Å². The number of benzene rings is 2. The van der Waals surface area contributed by atoms with E-state index in [2.05, 4.69) is 21.2 Å². The van der Waals surface area contributed by atoms with Crippen molar-refractivity contribution in [1.82, 2.24) is 0 Å². The zero-order chi connectivity index (χ0) is 12.3. The first-order valence-electron chi connectivity index (χ1n) is 5.01. The van der Waals surface area contributed by atoms with Gasteiger partial charge in [-0.1, -0.05) is 27.5 Å². The van der Waals surface area contributed by atoms with Crippen molar-refractivity contribution < 1.29 is 0 Å². The lowest BCUT2D eigenvalue weighted by molar-refractivity contribution is 1.49. The van der Waals surface area contributed by atoms with Crippen molar-refractivity contribution in [2.75, 3.05) is 5.32 Å². The van der Waals surface area contributed by atoms with Gasteiger partial charge in [0.1, 0.15) is 0 Å². The summed E-state index contributed by atoms with van der Waals surface area (Å²) in [6.45, 7) is 0. The average Bonchev–Trinajstić information content (AvgIpc) is 2.34. The second-order valence-electron chi connectivity index (χ2n) is 3.51.